The van der Waals surface area contributed by atoms with Crippen LogP contribution in [0.5, 0.6) is 0 Å². The minimum Gasteiger partial charge on any atom is -0.377 e. The molecule has 0 bridgehead atoms. The molecule has 3 rings (SSSR count). The Hall–Kier alpha value is -1.22. The molecule has 0 aromatic carbocycles. The van der Waals surface area contributed by atoms with Crippen LogP contribution >= 0.6 is 0 Å². The smallest absolute Gasteiger partial charge is 0.230 e. The summed E-state index contributed by atoms with van der Waals surface area (Å²) in [4.78, 5) is 25.8. The number of methoxy groups -OCH3 is 1. The van der Waals surface area contributed by atoms with Crippen molar-refractivity contribution in [2.45, 2.75) is 66.4 Å². The monoisotopic (exact) mass is 330 g/mol. The van der Waals surface area contributed by atoms with Crippen molar-refractivity contribution < 1.29 is 14.3 Å². The number of carbonyl (C=O) groups excluding carboxylic acids is 2. The molecule has 0 spiro atoms. The van der Waals surface area contributed by atoms with E-state index in [2.05, 4.69) is 20.8 Å². The van der Waals surface area contributed by atoms with Crippen LogP contribution in [0.25, 0.3) is 0 Å². The first-order valence-electron chi connectivity index (χ1n) is 9.21. The fourth-order valence-electron chi connectivity index (χ4n) is 5.52. The zero-order valence-electron chi connectivity index (χ0n) is 15.9. The Bertz CT molecular complexity index is 650. The van der Waals surface area contributed by atoms with Gasteiger partial charge in [0.15, 0.2) is 0 Å². The second-order valence-corrected chi connectivity index (χ2v) is 9.02. The average Bonchev–Trinajstić information content (AvgIpc) is 2.49. The summed E-state index contributed by atoms with van der Waals surface area (Å²) < 4.78 is 5.79. The number of allylic oxidation sites excluding steroid dienone is 2. The number of ether oxygens (including phenoxy) is 1. The maximum atomic E-state index is 13.1. The quantitative estimate of drug-likeness (QED) is 0.561. The third-order valence-electron chi connectivity index (χ3n) is 6.80. The molecular weight excluding hydrogens is 300 g/mol. The Balaban J connectivity index is 2.22. The zero-order chi connectivity index (χ0) is 17.9. The van der Waals surface area contributed by atoms with Crippen molar-refractivity contribution in [2.24, 2.45) is 22.7 Å². The predicted molar refractivity (Wildman–Crippen MR) is 94.6 cm³/mol. The topological polar surface area (TPSA) is 43.4 Å². The Labute approximate surface area is 145 Å². The highest BCUT2D eigenvalue weighted by atomic mass is 16.5. The molecule has 0 saturated heterocycles. The van der Waals surface area contributed by atoms with Crippen LogP contribution in [-0.4, -0.2) is 24.8 Å². The SMILES string of the molecule is CO[C@@H]1C[C@H]2C(C)(C)CCC[C@]2(C)C2=C1C=C(C(C)C)C(=O)C2=O. The van der Waals surface area contributed by atoms with Crippen LogP contribution in [0.15, 0.2) is 22.8 Å². The third-order valence-corrected chi connectivity index (χ3v) is 6.80. The van der Waals surface area contributed by atoms with E-state index in [1.165, 1.54) is 6.42 Å². The van der Waals surface area contributed by atoms with Gasteiger partial charge in [-0.15, -0.1) is 0 Å². The van der Waals surface area contributed by atoms with Gasteiger partial charge in [-0.25, -0.2) is 0 Å². The lowest BCUT2D eigenvalue weighted by Gasteiger charge is -2.56. The second kappa shape index (κ2) is 5.66. The number of hydrogen-bond donors (Lipinski definition) is 0. The van der Waals surface area contributed by atoms with Gasteiger partial charge in [0.25, 0.3) is 0 Å². The first kappa shape index (κ1) is 17.6. The van der Waals surface area contributed by atoms with Crippen molar-refractivity contribution >= 4 is 11.6 Å². The lowest BCUT2D eigenvalue weighted by Crippen LogP contribution is -2.52. The first-order valence-corrected chi connectivity index (χ1v) is 9.21. The van der Waals surface area contributed by atoms with E-state index >= 15 is 0 Å². The number of fused-ring (bicyclic) bond motifs is 2. The standard InChI is InChI=1S/C21H30O3/c1-12(2)13-10-14-15(24-6)11-16-20(3,4)8-7-9-21(16,5)17(14)19(23)18(13)22/h10,12,15-16H,7-9,11H2,1-6H3/t15-,16+,21+/m1/s1. The molecular formula is C21H30O3. The van der Waals surface area contributed by atoms with E-state index in [4.69, 9.17) is 4.74 Å². The Morgan fingerprint density at radius 3 is 2.38 bits per heavy atom. The molecule has 0 aromatic rings. The highest BCUT2D eigenvalue weighted by Gasteiger charge is 2.56. The molecule has 1 saturated carbocycles. The van der Waals surface area contributed by atoms with Gasteiger partial charge in [-0.2, -0.15) is 0 Å². The summed E-state index contributed by atoms with van der Waals surface area (Å²) in [7, 11) is 1.72. The van der Waals surface area contributed by atoms with Crippen LogP contribution in [0.4, 0.5) is 0 Å². The fraction of sp³-hybridized carbons (Fsp3) is 0.714. The zero-order valence-corrected chi connectivity index (χ0v) is 15.9. The normalized spacial score (nSPS) is 35.7. The van der Waals surface area contributed by atoms with Gasteiger partial charge in [-0.3, -0.25) is 9.59 Å². The van der Waals surface area contributed by atoms with Crippen LogP contribution in [0.3, 0.4) is 0 Å². The van der Waals surface area contributed by atoms with Crippen molar-refractivity contribution in [3.05, 3.63) is 22.8 Å². The van der Waals surface area contributed by atoms with Gasteiger partial charge in [-0.05, 0) is 48.2 Å². The van der Waals surface area contributed by atoms with Crippen LogP contribution < -0.4 is 0 Å². The molecule has 0 aromatic heterocycles. The van der Waals surface area contributed by atoms with Gasteiger partial charge in [0.1, 0.15) is 0 Å². The summed E-state index contributed by atoms with van der Waals surface area (Å²) >= 11 is 0. The molecule has 0 unspecified atom stereocenters. The van der Waals surface area contributed by atoms with Crippen molar-refractivity contribution in [1.29, 1.82) is 0 Å². The summed E-state index contributed by atoms with van der Waals surface area (Å²) in [6.07, 6.45) is 6.09. The van der Waals surface area contributed by atoms with E-state index in [1.54, 1.807) is 7.11 Å². The number of rotatable bonds is 2. The molecule has 0 aliphatic heterocycles. The lowest BCUT2D eigenvalue weighted by molar-refractivity contribution is -0.135. The van der Waals surface area contributed by atoms with Gasteiger partial charge in [0, 0.05) is 23.7 Å². The number of hydrogen-bond acceptors (Lipinski definition) is 3. The summed E-state index contributed by atoms with van der Waals surface area (Å²) in [6.45, 7) is 10.8. The Morgan fingerprint density at radius 2 is 1.79 bits per heavy atom. The summed E-state index contributed by atoms with van der Waals surface area (Å²) in [5, 5.41) is 0. The minimum atomic E-state index is -0.302. The number of Topliss-reactive ketones (excluding diaryl/α,β-unsaturated/α-hetero) is 2. The predicted octanol–water partition coefficient (Wildman–Crippen LogP) is 4.27. The van der Waals surface area contributed by atoms with Crippen molar-refractivity contribution in [2.75, 3.05) is 7.11 Å². The van der Waals surface area contributed by atoms with E-state index < -0.39 is 0 Å². The largest absolute Gasteiger partial charge is 0.377 e. The van der Waals surface area contributed by atoms with Gasteiger partial charge in [-0.1, -0.05) is 41.0 Å². The maximum absolute atomic E-state index is 13.1. The molecule has 3 aliphatic carbocycles. The van der Waals surface area contributed by atoms with E-state index in [9.17, 15) is 9.59 Å². The van der Waals surface area contributed by atoms with E-state index in [-0.39, 0.29) is 34.4 Å². The van der Waals surface area contributed by atoms with Crippen molar-refractivity contribution in [3.8, 4) is 0 Å². The number of ketones is 2. The highest BCUT2D eigenvalue weighted by molar-refractivity contribution is 6.50. The van der Waals surface area contributed by atoms with Crippen LogP contribution in [0.2, 0.25) is 0 Å². The summed E-state index contributed by atoms with van der Waals surface area (Å²) in [5.41, 5.74) is 2.32. The lowest BCUT2D eigenvalue weighted by atomic mass is 9.48. The fourth-order valence-corrected chi connectivity index (χ4v) is 5.52. The molecule has 24 heavy (non-hydrogen) atoms. The first-order chi connectivity index (χ1) is 11.1. The van der Waals surface area contributed by atoms with Crippen LogP contribution in [0.1, 0.15) is 60.3 Å². The molecule has 3 heteroatoms. The molecule has 132 valence electrons. The van der Waals surface area contributed by atoms with E-state index in [0.29, 0.717) is 11.5 Å². The van der Waals surface area contributed by atoms with Gasteiger partial charge in [0.05, 0.1) is 6.10 Å². The minimum absolute atomic E-state index is 0.0568. The molecule has 0 heterocycles. The molecule has 3 atom stereocenters. The Kier molecular flexibility index (Phi) is 4.15. The van der Waals surface area contributed by atoms with E-state index in [1.807, 2.05) is 19.9 Å². The molecule has 0 amide bonds. The average molecular weight is 330 g/mol. The Morgan fingerprint density at radius 1 is 1.12 bits per heavy atom. The highest BCUT2D eigenvalue weighted by Crippen LogP contribution is 2.60. The molecule has 3 aliphatic rings. The van der Waals surface area contributed by atoms with Gasteiger partial charge >= 0.3 is 0 Å². The molecule has 0 N–H and O–H groups in total. The van der Waals surface area contributed by atoms with Crippen molar-refractivity contribution in [1.82, 2.24) is 0 Å². The maximum Gasteiger partial charge on any atom is 0.230 e. The summed E-state index contributed by atoms with van der Waals surface area (Å²) in [6, 6.07) is 0. The van der Waals surface area contributed by atoms with Gasteiger partial charge < -0.3 is 4.74 Å². The van der Waals surface area contributed by atoms with E-state index in [0.717, 1.165) is 30.4 Å². The molecule has 0 radical (unpaired) electrons. The van der Waals surface area contributed by atoms with Crippen molar-refractivity contribution in [3.63, 3.8) is 0 Å². The summed E-state index contributed by atoms with van der Waals surface area (Å²) in [5.74, 6) is -0.151. The van der Waals surface area contributed by atoms with Crippen LogP contribution in [-0.2, 0) is 14.3 Å². The van der Waals surface area contributed by atoms with Crippen LogP contribution in [0, 0.1) is 22.7 Å². The number of carbonyl (C=O) groups is 2. The molecule has 3 nitrogen and oxygen atoms in total. The third kappa shape index (κ3) is 2.35. The van der Waals surface area contributed by atoms with Gasteiger partial charge in [0.2, 0.25) is 11.6 Å². The molecule has 1 fully saturated rings. The second-order valence-electron chi connectivity index (χ2n) is 9.02.